The molecule has 14 heavy (non-hydrogen) atoms. The van der Waals surface area contributed by atoms with Gasteiger partial charge in [0.25, 0.3) is 0 Å². The van der Waals surface area contributed by atoms with Gasteiger partial charge in [0.15, 0.2) is 0 Å². The van der Waals surface area contributed by atoms with Gasteiger partial charge >= 0.3 is 0 Å². The molecule has 75 valence electrons. The third kappa shape index (κ3) is 2.58. The zero-order chi connectivity index (χ0) is 9.97. The maximum Gasteiger partial charge on any atom is 0.0208 e. The van der Waals surface area contributed by atoms with Gasteiger partial charge in [0, 0.05) is 12.6 Å². The Kier molecular flexibility index (Phi) is 2.87. The molecule has 1 nitrogen and oxygen atoms in total. The molecule has 1 saturated carbocycles. The van der Waals surface area contributed by atoms with Crippen LogP contribution in [0.2, 0.25) is 0 Å². The van der Waals surface area contributed by atoms with Gasteiger partial charge < -0.3 is 5.32 Å². The second-order valence-electron chi connectivity index (χ2n) is 4.36. The maximum absolute atomic E-state index is 3.53. The molecule has 0 saturated heterocycles. The molecule has 0 unspecified atom stereocenters. The number of nitrogens with one attached hydrogen (secondary N) is 1. The maximum atomic E-state index is 3.53. The molecule has 0 aliphatic heterocycles. The Morgan fingerprint density at radius 2 is 2.14 bits per heavy atom. The van der Waals surface area contributed by atoms with Crippen molar-refractivity contribution in [3.8, 4) is 0 Å². The van der Waals surface area contributed by atoms with Crippen molar-refractivity contribution in [2.75, 3.05) is 0 Å². The summed E-state index contributed by atoms with van der Waals surface area (Å²) in [7, 11) is 0. The number of benzene rings is 1. The lowest BCUT2D eigenvalue weighted by atomic mass is 10.0. The van der Waals surface area contributed by atoms with E-state index >= 15 is 0 Å². The third-order valence-corrected chi connectivity index (χ3v) is 2.68. The minimum absolute atomic E-state index is 0.797. The summed E-state index contributed by atoms with van der Waals surface area (Å²) < 4.78 is 0. The highest BCUT2D eigenvalue weighted by Gasteiger charge is 2.19. The molecule has 1 aliphatic carbocycles. The predicted octanol–water partition coefficient (Wildman–Crippen LogP) is 2.90. The molecule has 2 rings (SSSR count). The van der Waals surface area contributed by atoms with Crippen molar-refractivity contribution in [3.05, 3.63) is 41.3 Å². The first kappa shape index (κ1) is 9.72. The van der Waals surface area contributed by atoms with Gasteiger partial charge in [-0.05, 0) is 29.9 Å². The molecule has 1 heteroatoms. The molecule has 0 heterocycles. The van der Waals surface area contributed by atoms with Crippen LogP contribution in [0, 0.1) is 5.92 Å². The Bertz CT molecular complexity index is 300. The minimum Gasteiger partial charge on any atom is -0.310 e. The highest BCUT2D eigenvalue weighted by Crippen LogP contribution is 2.20. The molecule has 1 N–H and O–H groups in total. The van der Waals surface area contributed by atoms with Gasteiger partial charge in [-0.1, -0.05) is 38.1 Å². The van der Waals surface area contributed by atoms with E-state index < -0.39 is 0 Å². The zero-order valence-corrected chi connectivity index (χ0v) is 9.01. The van der Waals surface area contributed by atoms with E-state index in [0.717, 1.165) is 12.6 Å². The summed E-state index contributed by atoms with van der Waals surface area (Å²) in [4.78, 5) is 0. The fraction of sp³-hybridized carbons (Fsp3) is 0.462. The quantitative estimate of drug-likeness (QED) is 0.766. The lowest BCUT2D eigenvalue weighted by Crippen LogP contribution is -2.15. The van der Waals surface area contributed by atoms with Crippen LogP contribution in [0.25, 0.3) is 0 Å². The summed E-state index contributed by atoms with van der Waals surface area (Å²) in [6.07, 6.45) is 2.72. The molecule has 1 radical (unpaired) electrons. The van der Waals surface area contributed by atoms with Crippen LogP contribution in [-0.2, 0) is 6.54 Å². The highest BCUT2D eigenvalue weighted by atomic mass is 14.9. The molecule has 1 aromatic carbocycles. The van der Waals surface area contributed by atoms with Crippen LogP contribution >= 0.6 is 0 Å². The molecule has 1 fully saturated rings. The van der Waals surface area contributed by atoms with Gasteiger partial charge in [0.05, 0.1) is 0 Å². The summed E-state index contributed by atoms with van der Waals surface area (Å²) in [6, 6.07) is 9.60. The van der Waals surface area contributed by atoms with Gasteiger partial charge in [-0.2, -0.15) is 0 Å². The van der Waals surface area contributed by atoms with E-state index in [9.17, 15) is 0 Å². The van der Waals surface area contributed by atoms with Gasteiger partial charge in [0.2, 0.25) is 0 Å². The predicted molar refractivity (Wildman–Crippen MR) is 60.0 cm³/mol. The standard InChI is InChI=1S/C13H18N/c1-10(2)12-5-3-4-11(8-12)9-14-13-6-7-13/h3-5,8,13-14H,6-7,9H2,1-2H3. The number of hydrogen-bond acceptors (Lipinski definition) is 1. The Morgan fingerprint density at radius 1 is 1.36 bits per heavy atom. The van der Waals surface area contributed by atoms with Crippen LogP contribution in [0.1, 0.15) is 37.8 Å². The first-order chi connectivity index (χ1) is 6.75. The van der Waals surface area contributed by atoms with Crippen LogP contribution in [0.4, 0.5) is 0 Å². The van der Waals surface area contributed by atoms with E-state index in [4.69, 9.17) is 0 Å². The molecule has 1 aromatic rings. The third-order valence-electron chi connectivity index (χ3n) is 2.68. The summed E-state index contributed by atoms with van der Waals surface area (Å²) in [5.74, 6) is 1.39. The zero-order valence-electron chi connectivity index (χ0n) is 9.01. The van der Waals surface area contributed by atoms with Gasteiger partial charge in [-0.25, -0.2) is 0 Å². The highest BCUT2D eigenvalue weighted by molar-refractivity contribution is 5.32. The summed E-state index contributed by atoms with van der Waals surface area (Å²) >= 11 is 0. The van der Waals surface area contributed by atoms with Crippen LogP contribution in [-0.4, -0.2) is 6.04 Å². The SMILES string of the molecule is C[C](C)c1cccc(CNC2CC2)c1. The molecule has 0 aromatic heterocycles. The average Bonchev–Trinajstić information content (AvgIpc) is 2.99. The second kappa shape index (κ2) is 4.14. The lowest BCUT2D eigenvalue weighted by molar-refractivity contribution is 0.687. The average molecular weight is 188 g/mol. The Labute approximate surface area is 86.5 Å². The van der Waals surface area contributed by atoms with E-state index in [1.807, 2.05) is 0 Å². The molecule has 0 atom stereocenters. The van der Waals surface area contributed by atoms with Crippen molar-refractivity contribution in [1.82, 2.24) is 5.32 Å². The van der Waals surface area contributed by atoms with E-state index in [-0.39, 0.29) is 0 Å². The summed E-state index contributed by atoms with van der Waals surface area (Å²) in [6.45, 7) is 5.34. The summed E-state index contributed by atoms with van der Waals surface area (Å²) in [5.41, 5.74) is 2.76. The van der Waals surface area contributed by atoms with Crippen molar-refractivity contribution in [2.45, 2.75) is 39.3 Å². The molecule has 0 amide bonds. The van der Waals surface area contributed by atoms with Crippen molar-refractivity contribution in [1.29, 1.82) is 0 Å². The van der Waals surface area contributed by atoms with E-state index in [1.54, 1.807) is 0 Å². The second-order valence-corrected chi connectivity index (χ2v) is 4.36. The Morgan fingerprint density at radius 3 is 2.79 bits per heavy atom. The molecular weight excluding hydrogens is 170 g/mol. The van der Waals surface area contributed by atoms with Crippen LogP contribution < -0.4 is 5.32 Å². The first-order valence-corrected chi connectivity index (χ1v) is 5.38. The van der Waals surface area contributed by atoms with Crippen molar-refractivity contribution >= 4 is 0 Å². The van der Waals surface area contributed by atoms with Gasteiger partial charge in [0.1, 0.15) is 0 Å². The van der Waals surface area contributed by atoms with Crippen LogP contribution in [0.5, 0.6) is 0 Å². The van der Waals surface area contributed by atoms with Gasteiger partial charge in [-0.15, -0.1) is 0 Å². The van der Waals surface area contributed by atoms with E-state index in [2.05, 4.69) is 43.4 Å². The first-order valence-electron chi connectivity index (χ1n) is 5.38. The van der Waals surface area contributed by atoms with Crippen molar-refractivity contribution < 1.29 is 0 Å². The van der Waals surface area contributed by atoms with E-state index in [1.165, 1.54) is 29.9 Å². The normalized spacial score (nSPS) is 16.2. The molecule has 0 spiro atoms. The molecule has 1 aliphatic rings. The number of rotatable bonds is 4. The van der Waals surface area contributed by atoms with Crippen molar-refractivity contribution in [2.24, 2.45) is 0 Å². The van der Waals surface area contributed by atoms with Gasteiger partial charge in [-0.3, -0.25) is 0 Å². The largest absolute Gasteiger partial charge is 0.310 e. The lowest BCUT2D eigenvalue weighted by Gasteiger charge is -2.08. The fourth-order valence-electron chi connectivity index (χ4n) is 1.54. The van der Waals surface area contributed by atoms with Crippen LogP contribution in [0.3, 0.4) is 0 Å². The van der Waals surface area contributed by atoms with Crippen molar-refractivity contribution in [3.63, 3.8) is 0 Å². The van der Waals surface area contributed by atoms with Crippen LogP contribution in [0.15, 0.2) is 24.3 Å². The molecular formula is C13H18N. The Hall–Kier alpha value is -0.820. The topological polar surface area (TPSA) is 12.0 Å². The number of hydrogen-bond donors (Lipinski definition) is 1. The smallest absolute Gasteiger partial charge is 0.0208 e. The summed E-state index contributed by atoms with van der Waals surface area (Å²) in [5, 5.41) is 3.53. The Balaban J connectivity index is 1.97. The molecule has 0 bridgehead atoms. The minimum atomic E-state index is 0.797. The monoisotopic (exact) mass is 188 g/mol. The fourth-order valence-corrected chi connectivity index (χ4v) is 1.54. The van der Waals surface area contributed by atoms with E-state index in [0.29, 0.717) is 0 Å².